The van der Waals surface area contributed by atoms with E-state index < -0.39 is 4.92 Å². The molecule has 1 aromatic carbocycles. The number of nitrogen functional groups attached to an aromatic ring is 1. The lowest BCUT2D eigenvalue weighted by Crippen LogP contribution is -2.11. The molecule has 1 aromatic heterocycles. The third-order valence-electron chi connectivity index (χ3n) is 2.56. The Kier molecular flexibility index (Phi) is 3.76. The van der Waals surface area contributed by atoms with Crippen LogP contribution in [0, 0.1) is 24.0 Å². The highest BCUT2D eigenvalue weighted by molar-refractivity contribution is 5.45. The molecule has 0 aliphatic rings. The predicted molar refractivity (Wildman–Crippen MR) is 72.5 cm³/mol. The molecule has 104 valence electrons. The standard InChI is InChI=1S/C12H13N5O3/c1-7-3-4-9(17(18)19)6-10(7)20-11-5-8(2)14-12(15-11)16-13/h3-6H,13H2,1-2H3,(H,14,15,16). The van der Waals surface area contributed by atoms with Crippen LogP contribution in [-0.4, -0.2) is 14.9 Å². The number of ether oxygens (including phenoxy) is 1. The highest BCUT2D eigenvalue weighted by atomic mass is 16.6. The summed E-state index contributed by atoms with van der Waals surface area (Å²) in [5, 5.41) is 10.8. The maximum Gasteiger partial charge on any atom is 0.273 e. The minimum absolute atomic E-state index is 0.0476. The zero-order valence-electron chi connectivity index (χ0n) is 11.0. The average molecular weight is 275 g/mol. The summed E-state index contributed by atoms with van der Waals surface area (Å²) in [4.78, 5) is 18.3. The van der Waals surface area contributed by atoms with Crippen molar-refractivity contribution in [3.05, 3.63) is 45.6 Å². The smallest absolute Gasteiger partial charge is 0.273 e. The van der Waals surface area contributed by atoms with E-state index in [4.69, 9.17) is 10.6 Å². The van der Waals surface area contributed by atoms with Crippen LogP contribution in [0.4, 0.5) is 11.6 Å². The van der Waals surface area contributed by atoms with Crippen LogP contribution in [0.25, 0.3) is 0 Å². The molecule has 0 spiro atoms. The second-order valence-corrected chi connectivity index (χ2v) is 4.12. The summed E-state index contributed by atoms with van der Waals surface area (Å²) in [6.07, 6.45) is 0. The van der Waals surface area contributed by atoms with Crippen LogP contribution in [-0.2, 0) is 0 Å². The van der Waals surface area contributed by atoms with Crippen LogP contribution in [0.5, 0.6) is 11.6 Å². The number of nitrogens with two attached hydrogens (primary N) is 1. The fourth-order valence-electron chi connectivity index (χ4n) is 1.58. The number of aromatic nitrogens is 2. The molecule has 0 bridgehead atoms. The van der Waals surface area contributed by atoms with Crippen LogP contribution in [0.3, 0.4) is 0 Å². The van der Waals surface area contributed by atoms with E-state index in [1.807, 2.05) is 0 Å². The number of hydrogen-bond acceptors (Lipinski definition) is 7. The summed E-state index contributed by atoms with van der Waals surface area (Å²) in [6.45, 7) is 3.55. The number of nitrogens with one attached hydrogen (secondary N) is 1. The molecule has 0 unspecified atom stereocenters. The van der Waals surface area contributed by atoms with Gasteiger partial charge in [-0.05, 0) is 25.5 Å². The van der Waals surface area contributed by atoms with Crippen molar-refractivity contribution in [2.45, 2.75) is 13.8 Å². The van der Waals surface area contributed by atoms with Gasteiger partial charge in [0.25, 0.3) is 5.69 Å². The minimum Gasteiger partial charge on any atom is -0.438 e. The fourth-order valence-corrected chi connectivity index (χ4v) is 1.58. The van der Waals surface area contributed by atoms with Crippen LogP contribution >= 0.6 is 0 Å². The van der Waals surface area contributed by atoms with E-state index in [0.717, 1.165) is 5.56 Å². The fraction of sp³-hybridized carbons (Fsp3) is 0.167. The molecule has 20 heavy (non-hydrogen) atoms. The number of hydrogen-bond donors (Lipinski definition) is 2. The van der Waals surface area contributed by atoms with E-state index in [1.165, 1.54) is 12.1 Å². The lowest BCUT2D eigenvalue weighted by molar-refractivity contribution is -0.384. The summed E-state index contributed by atoms with van der Waals surface area (Å²) in [7, 11) is 0. The van der Waals surface area contributed by atoms with Gasteiger partial charge in [0, 0.05) is 17.8 Å². The molecular formula is C12H13N5O3. The highest BCUT2D eigenvalue weighted by Crippen LogP contribution is 2.28. The maximum absolute atomic E-state index is 10.8. The van der Waals surface area contributed by atoms with Gasteiger partial charge in [-0.25, -0.2) is 10.8 Å². The molecule has 0 atom stereocenters. The number of anilines is 1. The molecule has 0 fully saturated rings. The zero-order chi connectivity index (χ0) is 14.7. The van der Waals surface area contributed by atoms with Gasteiger partial charge < -0.3 is 4.74 Å². The number of hydrazine groups is 1. The van der Waals surface area contributed by atoms with Gasteiger partial charge in [-0.2, -0.15) is 4.98 Å². The molecular weight excluding hydrogens is 262 g/mol. The van der Waals surface area contributed by atoms with Crippen molar-refractivity contribution >= 4 is 11.6 Å². The Balaban J connectivity index is 2.36. The van der Waals surface area contributed by atoms with Crippen molar-refractivity contribution in [2.24, 2.45) is 5.84 Å². The molecule has 0 aliphatic heterocycles. The summed E-state index contributed by atoms with van der Waals surface area (Å²) in [6, 6.07) is 5.99. The highest BCUT2D eigenvalue weighted by Gasteiger charge is 2.11. The van der Waals surface area contributed by atoms with Crippen molar-refractivity contribution in [3.63, 3.8) is 0 Å². The Bertz CT molecular complexity index is 660. The second-order valence-electron chi connectivity index (χ2n) is 4.12. The number of non-ortho nitro benzene ring substituents is 1. The van der Waals surface area contributed by atoms with Gasteiger partial charge in [0.05, 0.1) is 11.0 Å². The maximum atomic E-state index is 10.8. The van der Waals surface area contributed by atoms with Gasteiger partial charge >= 0.3 is 0 Å². The number of benzene rings is 1. The topological polar surface area (TPSA) is 116 Å². The van der Waals surface area contributed by atoms with Gasteiger partial charge in [-0.3, -0.25) is 15.5 Å². The van der Waals surface area contributed by atoms with Crippen LogP contribution in [0.2, 0.25) is 0 Å². The number of nitro benzene ring substituents is 1. The molecule has 8 heteroatoms. The van der Waals surface area contributed by atoms with Gasteiger partial charge in [-0.1, -0.05) is 0 Å². The quantitative estimate of drug-likeness (QED) is 0.498. The number of nitrogens with zero attached hydrogens (tertiary/aromatic N) is 3. The Morgan fingerprint density at radius 3 is 2.70 bits per heavy atom. The largest absolute Gasteiger partial charge is 0.438 e. The number of nitro groups is 1. The first-order chi connectivity index (χ1) is 9.49. The number of aryl methyl sites for hydroxylation is 2. The summed E-state index contributed by atoms with van der Waals surface area (Å²) >= 11 is 0. The van der Waals surface area contributed by atoms with Crippen molar-refractivity contribution < 1.29 is 9.66 Å². The van der Waals surface area contributed by atoms with E-state index in [2.05, 4.69) is 15.4 Å². The Morgan fingerprint density at radius 1 is 1.30 bits per heavy atom. The molecule has 0 radical (unpaired) electrons. The summed E-state index contributed by atoms with van der Waals surface area (Å²) < 4.78 is 5.57. The van der Waals surface area contributed by atoms with Crippen LogP contribution in [0.1, 0.15) is 11.3 Å². The normalized spacial score (nSPS) is 10.2. The van der Waals surface area contributed by atoms with Crippen molar-refractivity contribution in [2.75, 3.05) is 5.43 Å². The zero-order valence-corrected chi connectivity index (χ0v) is 11.0. The lowest BCUT2D eigenvalue weighted by atomic mass is 10.2. The van der Waals surface area contributed by atoms with Crippen molar-refractivity contribution in [1.82, 2.24) is 9.97 Å². The molecule has 0 saturated heterocycles. The third kappa shape index (κ3) is 2.98. The second kappa shape index (κ2) is 5.49. The SMILES string of the molecule is Cc1cc(Oc2cc([N+](=O)[O-])ccc2C)nc(NN)n1. The van der Waals surface area contributed by atoms with Gasteiger partial charge in [-0.15, -0.1) is 0 Å². The van der Waals surface area contributed by atoms with Crippen molar-refractivity contribution in [3.8, 4) is 11.6 Å². The summed E-state index contributed by atoms with van der Waals surface area (Å²) in [5.74, 6) is 6.09. The Labute approximate surface area is 114 Å². The molecule has 0 saturated carbocycles. The predicted octanol–water partition coefficient (Wildman–Crippen LogP) is 2.08. The van der Waals surface area contributed by atoms with Crippen molar-refractivity contribution in [1.29, 1.82) is 0 Å². The third-order valence-corrected chi connectivity index (χ3v) is 2.56. The van der Waals surface area contributed by atoms with Gasteiger partial charge in [0.1, 0.15) is 5.75 Å². The molecule has 0 amide bonds. The first-order valence-corrected chi connectivity index (χ1v) is 5.75. The molecule has 1 heterocycles. The van der Waals surface area contributed by atoms with E-state index in [-0.39, 0.29) is 17.5 Å². The molecule has 8 nitrogen and oxygen atoms in total. The lowest BCUT2D eigenvalue weighted by Gasteiger charge is -2.09. The minimum atomic E-state index is -0.482. The van der Waals surface area contributed by atoms with Crippen LogP contribution < -0.4 is 16.0 Å². The molecule has 2 aromatic rings. The first kappa shape index (κ1) is 13.7. The monoisotopic (exact) mass is 275 g/mol. The van der Waals surface area contributed by atoms with Gasteiger partial charge in [0.2, 0.25) is 11.8 Å². The number of rotatable bonds is 4. The average Bonchev–Trinajstić information content (AvgIpc) is 2.40. The van der Waals surface area contributed by atoms with E-state index in [0.29, 0.717) is 11.4 Å². The van der Waals surface area contributed by atoms with E-state index in [1.54, 1.807) is 26.0 Å². The molecule has 2 rings (SSSR count). The van der Waals surface area contributed by atoms with E-state index >= 15 is 0 Å². The Morgan fingerprint density at radius 2 is 2.05 bits per heavy atom. The summed E-state index contributed by atoms with van der Waals surface area (Å²) in [5.41, 5.74) is 3.70. The van der Waals surface area contributed by atoms with Crippen LogP contribution in [0.15, 0.2) is 24.3 Å². The van der Waals surface area contributed by atoms with E-state index in [9.17, 15) is 10.1 Å². The Hall–Kier alpha value is -2.74. The molecule has 0 aliphatic carbocycles. The first-order valence-electron chi connectivity index (χ1n) is 5.75. The molecule has 3 N–H and O–H groups in total. The van der Waals surface area contributed by atoms with Gasteiger partial charge in [0.15, 0.2) is 0 Å².